The van der Waals surface area contributed by atoms with Crippen LogP contribution in [0.4, 0.5) is 11.5 Å². The first kappa shape index (κ1) is 16.8. The third-order valence-corrected chi connectivity index (χ3v) is 4.47. The van der Waals surface area contributed by atoms with Crippen LogP contribution in [0.2, 0.25) is 0 Å². The molecule has 0 radical (unpaired) electrons. The fourth-order valence-electron chi connectivity index (χ4n) is 1.92. The molecular formula is C14H16N4O4S. The maximum atomic E-state index is 11.4. The van der Waals surface area contributed by atoms with Crippen LogP contribution in [0.3, 0.4) is 0 Å². The zero-order valence-corrected chi connectivity index (χ0v) is 13.2. The quantitative estimate of drug-likeness (QED) is 0.586. The highest BCUT2D eigenvalue weighted by molar-refractivity contribution is 7.89. The van der Waals surface area contributed by atoms with Gasteiger partial charge in [-0.25, -0.2) is 18.1 Å². The lowest BCUT2D eigenvalue weighted by Gasteiger charge is -2.08. The van der Waals surface area contributed by atoms with Gasteiger partial charge in [-0.15, -0.1) is 0 Å². The monoisotopic (exact) mass is 336 g/mol. The summed E-state index contributed by atoms with van der Waals surface area (Å²) in [5, 5.41) is 14.0. The van der Waals surface area contributed by atoms with Crippen LogP contribution in [0.25, 0.3) is 11.3 Å². The van der Waals surface area contributed by atoms with Crippen molar-refractivity contribution in [2.75, 3.05) is 24.7 Å². The summed E-state index contributed by atoms with van der Waals surface area (Å²) < 4.78 is 24.9. The van der Waals surface area contributed by atoms with Crippen LogP contribution in [-0.4, -0.2) is 37.7 Å². The number of nitrogens with one attached hydrogen (secondary N) is 2. The molecule has 0 saturated heterocycles. The van der Waals surface area contributed by atoms with Gasteiger partial charge in [-0.3, -0.25) is 10.1 Å². The maximum Gasteiger partial charge on any atom is 0.295 e. The maximum absolute atomic E-state index is 11.4. The van der Waals surface area contributed by atoms with E-state index in [4.69, 9.17) is 0 Å². The van der Waals surface area contributed by atoms with Crippen molar-refractivity contribution in [3.05, 3.63) is 52.6 Å². The molecule has 1 aromatic heterocycles. The van der Waals surface area contributed by atoms with E-state index in [2.05, 4.69) is 15.0 Å². The van der Waals surface area contributed by atoms with Crippen molar-refractivity contribution in [2.24, 2.45) is 0 Å². The summed E-state index contributed by atoms with van der Waals surface area (Å²) in [5.41, 5.74) is 0.743. The van der Waals surface area contributed by atoms with Crippen LogP contribution in [0, 0.1) is 10.1 Å². The normalized spacial score (nSPS) is 11.2. The predicted octanol–water partition coefficient (Wildman–Crippen LogP) is 1.62. The standard InChI is InChI=1S/C14H16N4O4S/c1-15-23(21,22)10-9-16-13-8-7-12(18(19)20)14(17-13)11-5-3-2-4-6-11/h2-8,15H,9-10H2,1H3,(H,16,17). The zero-order chi connectivity index (χ0) is 16.9. The Morgan fingerprint density at radius 2 is 1.87 bits per heavy atom. The van der Waals surface area contributed by atoms with Crippen molar-refractivity contribution in [2.45, 2.75) is 0 Å². The van der Waals surface area contributed by atoms with Crippen molar-refractivity contribution >= 4 is 21.5 Å². The smallest absolute Gasteiger partial charge is 0.295 e. The molecule has 2 N–H and O–H groups in total. The molecule has 2 rings (SSSR count). The van der Waals surface area contributed by atoms with E-state index in [1.165, 1.54) is 19.2 Å². The van der Waals surface area contributed by atoms with Gasteiger partial charge in [-0.1, -0.05) is 30.3 Å². The summed E-state index contributed by atoms with van der Waals surface area (Å²) in [6.45, 7) is 0.141. The first-order chi connectivity index (χ1) is 10.9. The van der Waals surface area contributed by atoms with Crippen LogP contribution in [0.15, 0.2) is 42.5 Å². The molecule has 0 spiro atoms. The molecule has 122 valence electrons. The van der Waals surface area contributed by atoms with E-state index in [-0.39, 0.29) is 23.7 Å². The van der Waals surface area contributed by atoms with Crippen molar-refractivity contribution in [1.82, 2.24) is 9.71 Å². The van der Waals surface area contributed by atoms with Gasteiger partial charge in [0.1, 0.15) is 5.82 Å². The van der Waals surface area contributed by atoms with Gasteiger partial charge in [0.15, 0.2) is 5.69 Å². The molecule has 9 heteroatoms. The van der Waals surface area contributed by atoms with E-state index in [1.54, 1.807) is 30.3 Å². The summed E-state index contributed by atoms with van der Waals surface area (Å²) in [7, 11) is -1.98. The number of sulfonamides is 1. The van der Waals surface area contributed by atoms with Crippen LogP contribution in [-0.2, 0) is 10.0 Å². The molecule has 0 aliphatic rings. The summed E-state index contributed by atoms with van der Waals surface area (Å²) in [6.07, 6.45) is 0. The van der Waals surface area contributed by atoms with Crippen molar-refractivity contribution in [1.29, 1.82) is 0 Å². The molecule has 8 nitrogen and oxygen atoms in total. The largest absolute Gasteiger partial charge is 0.369 e. The molecular weight excluding hydrogens is 320 g/mol. The molecule has 0 amide bonds. The molecule has 23 heavy (non-hydrogen) atoms. The van der Waals surface area contributed by atoms with Crippen molar-refractivity contribution < 1.29 is 13.3 Å². The Morgan fingerprint density at radius 1 is 1.17 bits per heavy atom. The van der Waals surface area contributed by atoms with Crippen LogP contribution in [0.1, 0.15) is 0 Å². The molecule has 0 aliphatic carbocycles. The van der Waals surface area contributed by atoms with Gasteiger partial charge in [-0.2, -0.15) is 0 Å². The molecule has 1 aromatic carbocycles. The molecule has 0 atom stereocenters. The van der Waals surface area contributed by atoms with Gasteiger partial charge in [0.2, 0.25) is 10.0 Å². The van der Waals surface area contributed by atoms with Crippen LogP contribution < -0.4 is 10.0 Å². The summed E-state index contributed by atoms with van der Waals surface area (Å²) in [5.74, 6) is 0.254. The van der Waals surface area contributed by atoms with E-state index in [9.17, 15) is 18.5 Å². The fourth-order valence-corrected chi connectivity index (χ4v) is 2.50. The Kier molecular flexibility index (Phi) is 5.24. The summed E-state index contributed by atoms with van der Waals surface area (Å²) >= 11 is 0. The van der Waals surface area contributed by atoms with Gasteiger partial charge in [-0.05, 0) is 13.1 Å². The third-order valence-electron chi connectivity index (χ3n) is 3.11. The Labute approximate surface area is 133 Å². The number of rotatable bonds is 7. The van der Waals surface area contributed by atoms with E-state index < -0.39 is 14.9 Å². The Hall–Kier alpha value is -2.52. The minimum Gasteiger partial charge on any atom is -0.369 e. The molecule has 1 heterocycles. The molecule has 0 bridgehead atoms. The number of nitro groups is 1. The number of hydrogen-bond acceptors (Lipinski definition) is 6. The molecule has 0 unspecified atom stereocenters. The topological polar surface area (TPSA) is 114 Å². The summed E-state index contributed by atoms with van der Waals surface area (Å²) in [4.78, 5) is 14.9. The number of anilines is 1. The number of nitrogens with zero attached hydrogens (tertiary/aromatic N) is 2. The lowest BCUT2D eigenvalue weighted by Crippen LogP contribution is -2.26. The van der Waals surface area contributed by atoms with Gasteiger partial charge in [0, 0.05) is 18.2 Å². The number of hydrogen-bond donors (Lipinski definition) is 2. The van der Waals surface area contributed by atoms with Crippen molar-refractivity contribution in [3.8, 4) is 11.3 Å². The number of pyridine rings is 1. The van der Waals surface area contributed by atoms with Gasteiger partial charge < -0.3 is 5.32 Å². The highest BCUT2D eigenvalue weighted by Crippen LogP contribution is 2.29. The minimum atomic E-state index is -3.32. The van der Waals surface area contributed by atoms with Crippen molar-refractivity contribution in [3.63, 3.8) is 0 Å². The molecule has 2 aromatic rings. The van der Waals surface area contributed by atoms with E-state index in [0.717, 1.165) is 0 Å². The SMILES string of the molecule is CNS(=O)(=O)CCNc1ccc([N+](=O)[O-])c(-c2ccccc2)n1. The van der Waals surface area contributed by atoms with Crippen LogP contribution >= 0.6 is 0 Å². The van der Waals surface area contributed by atoms with Crippen LogP contribution in [0.5, 0.6) is 0 Å². The lowest BCUT2D eigenvalue weighted by atomic mass is 10.1. The lowest BCUT2D eigenvalue weighted by molar-refractivity contribution is -0.384. The first-order valence-corrected chi connectivity index (χ1v) is 8.44. The second-order valence-electron chi connectivity index (χ2n) is 4.64. The van der Waals surface area contributed by atoms with Gasteiger partial charge in [0.05, 0.1) is 10.7 Å². The second-order valence-corrected chi connectivity index (χ2v) is 6.68. The van der Waals surface area contributed by atoms with Gasteiger partial charge >= 0.3 is 0 Å². The Balaban J connectivity index is 2.25. The third kappa shape index (κ3) is 4.47. The molecule has 0 aliphatic heterocycles. The Bertz CT molecular complexity index is 794. The zero-order valence-electron chi connectivity index (χ0n) is 12.4. The van der Waals surface area contributed by atoms with E-state index in [1.807, 2.05) is 0 Å². The molecule has 0 saturated carbocycles. The van der Waals surface area contributed by atoms with E-state index >= 15 is 0 Å². The predicted molar refractivity (Wildman–Crippen MR) is 87.7 cm³/mol. The average molecular weight is 336 g/mol. The number of aromatic nitrogens is 1. The van der Waals surface area contributed by atoms with E-state index in [0.29, 0.717) is 11.4 Å². The first-order valence-electron chi connectivity index (χ1n) is 6.79. The second kappa shape index (κ2) is 7.16. The minimum absolute atomic E-state index is 0.107. The summed E-state index contributed by atoms with van der Waals surface area (Å²) in [6, 6.07) is 11.6. The number of benzene rings is 1. The highest BCUT2D eigenvalue weighted by atomic mass is 32.2. The van der Waals surface area contributed by atoms with Gasteiger partial charge in [0.25, 0.3) is 5.69 Å². The fraction of sp³-hybridized carbons (Fsp3) is 0.214. The highest BCUT2D eigenvalue weighted by Gasteiger charge is 2.17. The Morgan fingerprint density at radius 3 is 2.48 bits per heavy atom. The average Bonchev–Trinajstić information content (AvgIpc) is 2.55. The molecule has 0 fully saturated rings.